The number of furan rings is 2. The summed E-state index contributed by atoms with van der Waals surface area (Å²) < 4.78 is 118. The lowest BCUT2D eigenvalue weighted by atomic mass is 9.81. The Hall–Kier alpha value is -6.21. The Bertz CT molecular complexity index is 3470. The van der Waals surface area contributed by atoms with Crippen LogP contribution in [0.1, 0.15) is 28.6 Å². The zero-order valence-corrected chi connectivity index (χ0v) is 30.9. The molecule has 10 heteroatoms. The molecule has 2 N–H and O–H groups in total. The van der Waals surface area contributed by atoms with Crippen molar-refractivity contribution in [3.8, 4) is 33.6 Å². The molecule has 0 aliphatic carbocycles. The van der Waals surface area contributed by atoms with Gasteiger partial charge in [0.2, 0.25) is 0 Å². The van der Waals surface area contributed by atoms with Crippen molar-refractivity contribution in [1.29, 1.82) is 0 Å². The Morgan fingerprint density at radius 1 is 0.534 bits per heavy atom. The molecular weight excluding hydrogens is 844 g/mol. The first-order valence-corrected chi connectivity index (χ1v) is 17.9. The Morgan fingerprint density at radius 2 is 1.02 bits per heavy atom. The maximum Gasteiger partial charge on any atom is 0.488 e. The Morgan fingerprint density at radius 3 is 1.53 bits per heavy atom. The fourth-order valence-electron chi connectivity index (χ4n) is 6.09. The number of hydrogen-bond donors (Lipinski definition) is 2. The first kappa shape index (κ1) is 30.0. The van der Waals surface area contributed by atoms with E-state index in [0.717, 1.165) is 27.6 Å². The van der Waals surface area contributed by atoms with Crippen LogP contribution < -0.4 is 5.46 Å². The van der Waals surface area contributed by atoms with E-state index < -0.39 is 78.8 Å². The zero-order valence-electron chi connectivity index (χ0n) is 38.7. The van der Waals surface area contributed by atoms with Gasteiger partial charge < -0.3 is 18.9 Å². The highest BCUT2D eigenvalue weighted by Crippen LogP contribution is 2.41. The van der Waals surface area contributed by atoms with E-state index in [4.69, 9.17) is 32.6 Å². The highest BCUT2D eigenvalue weighted by molar-refractivity contribution is 14.1. The Labute approximate surface area is 362 Å². The molecule has 0 fully saturated rings. The molecule has 288 valence electrons. The van der Waals surface area contributed by atoms with E-state index >= 15 is 4.39 Å². The van der Waals surface area contributed by atoms with Gasteiger partial charge in [-0.3, -0.25) is 9.97 Å². The van der Waals surface area contributed by atoms with Gasteiger partial charge in [-0.25, -0.2) is 8.78 Å². The minimum atomic E-state index is -2.07. The quantitative estimate of drug-likeness (QED) is 0.135. The lowest BCUT2D eigenvalue weighted by Crippen LogP contribution is -2.29. The van der Waals surface area contributed by atoms with Crippen LogP contribution >= 0.6 is 22.6 Å². The Kier molecular flexibility index (Phi) is 9.49. The number of benzene rings is 6. The molecule has 4 heterocycles. The second-order valence-corrected chi connectivity index (χ2v) is 13.0. The van der Waals surface area contributed by atoms with Crippen LogP contribution in [-0.2, 0) is 0 Å². The van der Waals surface area contributed by atoms with Crippen LogP contribution in [-0.4, -0.2) is 27.1 Å². The first-order valence-electron chi connectivity index (χ1n) is 21.8. The van der Waals surface area contributed by atoms with Gasteiger partial charge in [0.25, 0.3) is 0 Å². The van der Waals surface area contributed by atoms with E-state index in [1.165, 1.54) is 12.1 Å². The number of hydrogen-bond acceptors (Lipinski definition) is 6. The summed E-state index contributed by atoms with van der Waals surface area (Å²) in [5.41, 5.74) is 4.20. The van der Waals surface area contributed by atoms with Crippen molar-refractivity contribution in [2.75, 3.05) is 0 Å². The van der Waals surface area contributed by atoms with Gasteiger partial charge in [0.1, 0.15) is 28.4 Å². The standard InChI is InChI=1S/C23H14FNO.C17H9FINO.C6H7BO2.2CH4/c24-19-13-12-17-16-9-6-10-18(20-11-4-5-14-25-20)22(16)26-23(17)21(19)15-7-2-1-3-8-15;18-13-8-7-11-10-4-3-5-12(14-6-1-2-9-20-14)16(10)21-17(11)15(13)19;8-7(9)6-4-2-1-3-5-6;;/h1-14H;1-9H;1-5,8-9H;2*1H4/i1D,2D,3D,7D,8D;;1D,2D,3D,4D,5D;;. The molecule has 0 atom stereocenters. The maximum absolute atomic E-state index is 15.1. The smallest absolute Gasteiger partial charge is 0.455 e. The molecule has 58 heavy (non-hydrogen) atoms. The maximum atomic E-state index is 15.1. The summed E-state index contributed by atoms with van der Waals surface area (Å²) >= 11 is 1.98. The molecule has 0 spiro atoms. The number of para-hydroxylation sites is 2. The third-order valence-electron chi connectivity index (χ3n) is 8.58. The van der Waals surface area contributed by atoms with Gasteiger partial charge in [-0.05, 0) is 94.3 Å². The molecule has 0 saturated heterocycles. The number of fused-ring (bicyclic) bond motifs is 6. The van der Waals surface area contributed by atoms with Crippen LogP contribution in [0.2, 0.25) is 0 Å². The molecule has 0 bridgehead atoms. The second-order valence-electron chi connectivity index (χ2n) is 11.9. The van der Waals surface area contributed by atoms with Crippen molar-refractivity contribution < 1.29 is 41.4 Å². The van der Waals surface area contributed by atoms with Gasteiger partial charge >= 0.3 is 7.12 Å². The van der Waals surface area contributed by atoms with Gasteiger partial charge in [-0.15, -0.1) is 0 Å². The molecule has 10 rings (SSSR count). The number of pyridine rings is 2. The molecule has 0 aliphatic heterocycles. The summed E-state index contributed by atoms with van der Waals surface area (Å²) in [5.74, 6) is -0.994. The van der Waals surface area contributed by atoms with Crippen LogP contribution in [0, 0.1) is 15.2 Å². The van der Waals surface area contributed by atoms with Crippen LogP contribution in [0.25, 0.3) is 77.5 Å². The van der Waals surface area contributed by atoms with Crippen molar-refractivity contribution in [2.45, 2.75) is 14.9 Å². The molecule has 4 aromatic heterocycles. The number of rotatable bonds is 4. The van der Waals surface area contributed by atoms with Gasteiger partial charge in [0.05, 0.1) is 34.2 Å². The van der Waals surface area contributed by atoms with Crippen molar-refractivity contribution in [3.63, 3.8) is 0 Å². The molecule has 6 aromatic carbocycles. The van der Waals surface area contributed by atoms with Crippen LogP contribution in [0.3, 0.4) is 0 Å². The molecule has 0 unspecified atom stereocenters. The average Bonchev–Trinajstić information content (AvgIpc) is 3.91. The minimum Gasteiger partial charge on any atom is -0.455 e. The molecule has 10 aromatic rings. The van der Waals surface area contributed by atoms with Crippen LogP contribution in [0.15, 0.2) is 179 Å². The van der Waals surface area contributed by atoms with E-state index in [-0.39, 0.29) is 37.4 Å². The van der Waals surface area contributed by atoms with Gasteiger partial charge in [-0.2, -0.15) is 0 Å². The molecule has 0 amide bonds. The number of aromatic nitrogens is 2. The summed E-state index contributed by atoms with van der Waals surface area (Å²) in [6.07, 6.45) is 3.41. The summed E-state index contributed by atoms with van der Waals surface area (Å²) in [6.45, 7) is 0. The van der Waals surface area contributed by atoms with E-state index in [1.807, 2.05) is 89.3 Å². The second kappa shape index (κ2) is 18.4. The molecule has 6 nitrogen and oxygen atoms in total. The highest BCUT2D eigenvalue weighted by Gasteiger charge is 2.19. The average molecular weight is 893 g/mol. The van der Waals surface area contributed by atoms with E-state index in [9.17, 15) is 4.39 Å². The van der Waals surface area contributed by atoms with Crippen molar-refractivity contribution in [1.82, 2.24) is 9.97 Å². The monoisotopic (exact) mass is 892 g/mol. The zero-order chi connectivity index (χ0) is 47.3. The summed E-state index contributed by atoms with van der Waals surface area (Å²) in [6, 6.07) is 23.3. The van der Waals surface area contributed by atoms with Crippen LogP contribution in [0.5, 0.6) is 0 Å². The predicted molar refractivity (Wildman–Crippen MR) is 242 cm³/mol. The van der Waals surface area contributed by atoms with E-state index in [0.29, 0.717) is 36.8 Å². The van der Waals surface area contributed by atoms with Crippen molar-refractivity contribution in [3.05, 3.63) is 185 Å². The SMILES string of the molecule is C.C.Fc1ccc2c(oc3c(-c4ccccn4)cccc32)c1I.[2H]c1c([2H])c([2H])c(-c2c(F)ccc3c2oc2c(-c4ccccn4)cccc23)c([2H])c1[2H].[2H]c1c([2H])c([2H])c(B(O)O)c([2H])c1[2H]. The fraction of sp³-hybridized carbons (Fsp3) is 0.0417. The lowest BCUT2D eigenvalue weighted by Gasteiger charge is -2.04. The summed E-state index contributed by atoms with van der Waals surface area (Å²) in [5, 5.41) is 20.8. The molecular formula is C48H38BF2IN2O4. The minimum absolute atomic E-state index is 0. The van der Waals surface area contributed by atoms with Gasteiger partial charge in [0.15, 0.2) is 5.58 Å². The fourth-order valence-corrected chi connectivity index (χ4v) is 6.67. The van der Waals surface area contributed by atoms with Gasteiger partial charge in [-0.1, -0.05) is 112 Å². The van der Waals surface area contributed by atoms with Crippen molar-refractivity contribution in [2.24, 2.45) is 0 Å². The molecule has 0 saturated carbocycles. The lowest BCUT2D eigenvalue weighted by molar-refractivity contribution is 0.426. The molecule has 0 aliphatic rings. The molecule has 0 radical (unpaired) electrons. The topological polar surface area (TPSA) is 92.5 Å². The largest absolute Gasteiger partial charge is 0.488 e. The summed E-state index contributed by atoms with van der Waals surface area (Å²) in [7, 11) is -2.07. The number of halogens is 3. The normalized spacial score (nSPS) is 13.0. The third-order valence-corrected chi connectivity index (χ3v) is 9.59. The van der Waals surface area contributed by atoms with Crippen molar-refractivity contribution >= 4 is 79.0 Å². The highest BCUT2D eigenvalue weighted by atomic mass is 127. The first-order chi connectivity index (χ1) is 31.5. The Balaban J connectivity index is 0.000000179. The third kappa shape index (κ3) is 8.26. The summed E-state index contributed by atoms with van der Waals surface area (Å²) in [4.78, 5) is 8.74. The predicted octanol–water partition coefficient (Wildman–Crippen LogP) is 12.5. The number of nitrogens with zero attached hydrogens (tertiary/aromatic N) is 2. The van der Waals surface area contributed by atoms with E-state index in [2.05, 4.69) is 9.97 Å². The van der Waals surface area contributed by atoms with Gasteiger partial charge in [0, 0.05) is 45.1 Å². The van der Waals surface area contributed by atoms with Crippen LogP contribution in [0.4, 0.5) is 8.78 Å². The van der Waals surface area contributed by atoms with E-state index in [1.54, 1.807) is 30.6 Å².